The van der Waals surface area contributed by atoms with Gasteiger partial charge in [0.15, 0.2) is 10.9 Å². The number of hydrogen-bond acceptors (Lipinski definition) is 4. The molecule has 0 spiro atoms. The molecule has 3 rings (SSSR count). The van der Waals surface area contributed by atoms with Crippen LogP contribution in [0.3, 0.4) is 0 Å². The zero-order valence-electron chi connectivity index (χ0n) is 10.9. The second-order valence-electron chi connectivity index (χ2n) is 4.52. The first-order chi connectivity index (χ1) is 10.1. The zero-order valence-corrected chi connectivity index (χ0v) is 13.3. The highest BCUT2D eigenvalue weighted by molar-refractivity contribution is 9.10. The Balaban J connectivity index is 1.99. The lowest BCUT2D eigenvalue weighted by Gasteiger charge is -2.06. The van der Waals surface area contributed by atoms with E-state index in [0.29, 0.717) is 5.13 Å². The summed E-state index contributed by atoms with van der Waals surface area (Å²) >= 11 is 4.56. The number of nitrogens with one attached hydrogen (secondary N) is 1. The highest BCUT2D eigenvalue weighted by atomic mass is 79.9. The third kappa shape index (κ3) is 2.62. The van der Waals surface area contributed by atoms with E-state index in [9.17, 15) is 4.39 Å². The molecule has 1 N–H and O–H groups in total. The first-order valence-corrected chi connectivity index (χ1v) is 7.72. The van der Waals surface area contributed by atoms with Gasteiger partial charge in [-0.25, -0.2) is 9.37 Å². The van der Waals surface area contributed by atoms with E-state index in [0.717, 1.165) is 15.8 Å². The number of anilines is 2. The molecule has 3 aromatic rings. The first kappa shape index (κ1) is 14.0. The number of hydrogen-bond donors (Lipinski definition) is 1. The molecule has 21 heavy (non-hydrogen) atoms. The van der Waals surface area contributed by atoms with Gasteiger partial charge in [-0.3, -0.25) is 0 Å². The quantitative estimate of drug-likeness (QED) is 0.688. The lowest BCUT2D eigenvalue weighted by Crippen LogP contribution is -1.95. The zero-order chi connectivity index (χ0) is 15.0. The molecule has 0 aliphatic carbocycles. The molecular formula is C15H9BrFN3S. The minimum Gasteiger partial charge on any atom is -0.329 e. The van der Waals surface area contributed by atoms with E-state index in [-0.39, 0.29) is 15.7 Å². The van der Waals surface area contributed by atoms with E-state index in [4.69, 9.17) is 5.26 Å². The van der Waals surface area contributed by atoms with Gasteiger partial charge in [-0.2, -0.15) is 5.26 Å². The van der Waals surface area contributed by atoms with E-state index >= 15 is 0 Å². The largest absolute Gasteiger partial charge is 0.329 e. The highest BCUT2D eigenvalue weighted by Gasteiger charge is 2.13. The molecule has 0 saturated heterocycles. The summed E-state index contributed by atoms with van der Waals surface area (Å²) in [5.74, 6) is -0.496. The van der Waals surface area contributed by atoms with Gasteiger partial charge in [0.25, 0.3) is 0 Å². The fourth-order valence-electron chi connectivity index (χ4n) is 1.93. The summed E-state index contributed by atoms with van der Waals surface area (Å²) < 4.78 is 15.4. The van der Waals surface area contributed by atoms with Crippen LogP contribution in [-0.4, -0.2) is 4.98 Å². The molecule has 0 aliphatic heterocycles. The van der Waals surface area contributed by atoms with Gasteiger partial charge in [0.2, 0.25) is 0 Å². The van der Waals surface area contributed by atoms with Crippen LogP contribution >= 0.6 is 27.3 Å². The van der Waals surface area contributed by atoms with Crippen LogP contribution in [0.2, 0.25) is 0 Å². The Labute approximate surface area is 133 Å². The van der Waals surface area contributed by atoms with E-state index in [2.05, 4.69) is 26.2 Å². The van der Waals surface area contributed by atoms with Crippen molar-refractivity contribution in [3.8, 4) is 6.07 Å². The summed E-state index contributed by atoms with van der Waals surface area (Å²) in [4.78, 5) is 4.42. The number of nitriles is 1. The standard InChI is InChI=1S/C15H9BrFN3S/c1-8-2-4-10-12(6-8)21-15(19-10)20-11-5-3-9(7-18)13(16)14(11)17/h2-6H,1H3,(H,19,20). The molecule has 0 aliphatic rings. The van der Waals surface area contributed by atoms with Crippen LogP contribution in [-0.2, 0) is 0 Å². The van der Waals surface area contributed by atoms with E-state index in [1.54, 1.807) is 6.07 Å². The van der Waals surface area contributed by atoms with Gasteiger partial charge in [-0.15, -0.1) is 0 Å². The van der Waals surface area contributed by atoms with Crippen LogP contribution in [0, 0.1) is 24.1 Å². The third-order valence-corrected chi connectivity index (χ3v) is 4.70. The molecule has 0 unspecified atom stereocenters. The van der Waals surface area contributed by atoms with Crippen molar-refractivity contribution in [2.24, 2.45) is 0 Å². The van der Waals surface area contributed by atoms with Gasteiger partial charge >= 0.3 is 0 Å². The second kappa shape index (κ2) is 5.43. The second-order valence-corrected chi connectivity index (χ2v) is 6.34. The van der Waals surface area contributed by atoms with Gasteiger partial charge in [-0.1, -0.05) is 17.4 Å². The van der Waals surface area contributed by atoms with Crippen molar-refractivity contribution < 1.29 is 4.39 Å². The van der Waals surface area contributed by atoms with Crippen LogP contribution in [0.1, 0.15) is 11.1 Å². The number of aromatic nitrogens is 1. The number of fused-ring (bicyclic) bond motifs is 1. The number of thiazole rings is 1. The Bertz CT molecular complexity index is 882. The summed E-state index contributed by atoms with van der Waals surface area (Å²) in [5.41, 5.74) is 2.58. The Morgan fingerprint density at radius 3 is 2.90 bits per heavy atom. The Kier molecular flexibility index (Phi) is 3.62. The highest BCUT2D eigenvalue weighted by Crippen LogP contribution is 2.32. The smallest absolute Gasteiger partial charge is 0.188 e. The van der Waals surface area contributed by atoms with Crippen molar-refractivity contribution in [2.75, 3.05) is 5.32 Å². The maximum Gasteiger partial charge on any atom is 0.188 e. The SMILES string of the molecule is Cc1ccc2nc(Nc3ccc(C#N)c(Br)c3F)sc2c1. The molecule has 0 fully saturated rings. The molecule has 0 atom stereocenters. The van der Waals surface area contributed by atoms with Crippen LogP contribution in [0.4, 0.5) is 15.2 Å². The van der Waals surface area contributed by atoms with Crippen molar-refractivity contribution in [3.63, 3.8) is 0 Å². The van der Waals surface area contributed by atoms with Gasteiger partial charge in [0, 0.05) is 0 Å². The van der Waals surface area contributed by atoms with Gasteiger partial charge in [-0.05, 0) is 52.7 Å². The van der Waals surface area contributed by atoms with E-state index in [1.807, 2.05) is 31.2 Å². The molecule has 3 nitrogen and oxygen atoms in total. The topological polar surface area (TPSA) is 48.7 Å². The first-order valence-electron chi connectivity index (χ1n) is 6.11. The number of benzene rings is 2. The van der Waals surface area contributed by atoms with Gasteiger partial charge in [0.05, 0.1) is 25.9 Å². The molecule has 1 aromatic heterocycles. The maximum absolute atomic E-state index is 14.2. The molecular weight excluding hydrogens is 353 g/mol. The lowest BCUT2D eigenvalue weighted by molar-refractivity contribution is 0.624. The van der Waals surface area contributed by atoms with Crippen molar-refractivity contribution in [1.82, 2.24) is 4.98 Å². The van der Waals surface area contributed by atoms with Gasteiger partial charge < -0.3 is 5.32 Å². The Morgan fingerprint density at radius 1 is 1.33 bits per heavy atom. The predicted octanol–water partition coefficient (Wildman–Crippen LogP) is 5.12. The number of aryl methyl sites for hydroxylation is 1. The van der Waals surface area contributed by atoms with Crippen molar-refractivity contribution in [1.29, 1.82) is 5.26 Å². The molecule has 104 valence electrons. The maximum atomic E-state index is 14.2. The molecule has 1 heterocycles. The van der Waals surface area contributed by atoms with E-state index in [1.165, 1.54) is 17.4 Å². The Morgan fingerprint density at radius 2 is 2.14 bits per heavy atom. The molecule has 6 heteroatoms. The van der Waals surface area contributed by atoms with E-state index < -0.39 is 5.82 Å². The molecule has 0 saturated carbocycles. The average molecular weight is 362 g/mol. The monoisotopic (exact) mass is 361 g/mol. The molecule has 0 bridgehead atoms. The molecule has 0 amide bonds. The van der Waals surface area contributed by atoms with Crippen molar-refractivity contribution in [3.05, 3.63) is 51.7 Å². The number of nitrogens with zero attached hydrogens (tertiary/aromatic N) is 2. The summed E-state index contributed by atoms with van der Waals surface area (Å²) in [6.07, 6.45) is 0. The lowest BCUT2D eigenvalue weighted by atomic mass is 10.2. The van der Waals surface area contributed by atoms with Crippen molar-refractivity contribution in [2.45, 2.75) is 6.92 Å². The summed E-state index contributed by atoms with van der Waals surface area (Å²) in [7, 11) is 0. The Hall–Kier alpha value is -1.97. The minimum atomic E-state index is -0.496. The van der Waals surface area contributed by atoms with Crippen LogP contribution in [0.15, 0.2) is 34.8 Å². The average Bonchev–Trinajstić information content (AvgIpc) is 2.85. The summed E-state index contributed by atoms with van der Waals surface area (Å²) in [6, 6.07) is 11.0. The van der Waals surface area contributed by atoms with Crippen LogP contribution in [0.25, 0.3) is 10.2 Å². The fraction of sp³-hybridized carbons (Fsp3) is 0.0667. The van der Waals surface area contributed by atoms with Crippen molar-refractivity contribution >= 4 is 48.3 Å². The normalized spacial score (nSPS) is 10.6. The number of rotatable bonds is 2. The van der Waals surface area contributed by atoms with Crippen LogP contribution < -0.4 is 5.32 Å². The molecule has 2 aromatic carbocycles. The fourth-order valence-corrected chi connectivity index (χ4v) is 3.34. The summed E-state index contributed by atoms with van der Waals surface area (Å²) in [5, 5.41) is 12.5. The third-order valence-electron chi connectivity index (χ3n) is 2.99. The predicted molar refractivity (Wildman–Crippen MR) is 86.5 cm³/mol. The molecule has 0 radical (unpaired) electrons. The number of halogens is 2. The minimum absolute atomic E-state index is 0.159. The summed E-state index contributed by atoms with van der Waals surface area (Å²) in [6.45, 7) is 2.02. The van der Waals surface area contributed by atoms with Gasteiger partial charge in [0.1, 0.15) is 6.07 Å². The van der Waals surface area contributed by atoms with Crippen LogP contribution in [0.5, 0.6) is 0 Å².